The number of nitrogens with zero attached hydrogens (tertiary/aromatic N) is 5. The van der Waals surface area contributed by atoms with Crippen LogP contribution in [0.4, 0.5) is 19.1 Å². The van der Waals surface area contributed by atoms with Crippen LogP contribution in [0.3, 0.4) is 0 Å². The van der Waals surface area contributed by atoms with E-state index in [1.165, 1.54) is 4.68 Å². The molecule has 190 valence electrons. The largest absolute Gasteiger partial charge is 0.490 e. The van der Waals surface area contributed by atoms with Gasteiger partial charge in [-0.2, -0.15) is 18.3 Å². The maximum Gasteiger partial charge on any atom is 0.490 e. The monoisotopic (exact) mass is 504 g/mol. The van der Waals surface area contributed by atoms with Gasteiger partial charge in [0.1, 0.15) is 17.6 Å². The highest BCUT2D eigenvalue weighted by Crippen LogP contribution is 2.20. The highest BCUT2D eigenvalue weighted by Gasteiger charge is 2.38. The molecule has 36 heavy (non-hydrogen) atoms. The van der Waals surface area contributed by atoms with E-state index in [1.807, 2.05) is 10.6 Å². The molecule has 1 aliphatic heterocycles. The quantitative estimate of drug-likeness (QED) is 0.397. The molecule has 13 heteroatoms. The number of carboxylic acid groups (broad SMARTS) is 1. The van der Waals surface area contributed by atoms with Crippen LogP contribution in [0.1, 0.15) is 17.3 Å². The Kier molecular flexibility index (Phi) is 8.44. The average Bonchev–Trinajstić information content (AvgIpc) is 3.24. The molecule has 2 aromatic heterocycles. The first-order valence-electron chi connectivity index (χ1n) is 10.8. The number of carboxylic acids is 1. The highest BCUT2D eigenvalue weighted by atomic mass is 19.4. The van der Waals surface area contributed by atoms with E-state index in [0.717, 1.165) is 32.1 Å². The number of ketones is 1. The molecule has 1 aliphatic rings. The second-order valence-corrected chi connectivity index (χ2v) is 7.60. The molecular weight excluding hydrogens is 481 g/mol. The molecule has 4 rings (SSSR count). The zero-order valence-electron chi connectivity index (χ0n) is 19.2. The maximum absolute atomic E-state index is 13.2. The Bertz CT molecular complexity index is 1350. The average molecular weight is 504 g/mol. The summed E-state index contributed by atoms with van der Waals surface area (Å²) >= 11 is 0. The van der Waals surface area contributed by atoms with Crippen LogP contribution < -0.4 is 15.8 Å². The molecule has 2 N–H and O–H groups in total. The van der Waals surface area contributed by atoms with Gasteiger partial charge < -0.3 is 15.3 Å². The molecule has 1 fully saturated rings. The standard InChI is InChI=1S/C21H22N6O2.C2HF3O2/c1-2-3-11-26-19-17(24-21(26)25-12-9-22-10-13-25)14-23-27(20(19)29)15-18(28)16-7-5-4-6-8-16;3-2(4,5)1(6)7/h4-8,14,22H,9-13,15H2,1H3;(H,6,7). The van der Waals surface area contributed by atoms with Crippen LogP contribution in [0.25, 0.3) is 11.0 Å². The van der Waals surface area contributed by atoms with Crippen molar-refractivity contribution in [3.05, 3.63) is 52.4 Å². The lowest BCUT2D eigenvalue weighted by molar-refractivity contribution is -0.192. The molecule has 10 nitrogen and oxygen atoms in total. The van der Waals surface area contributed by atoms with Gasteiger partial charge in [-0.05, 0) is 6.92 Å². The van der Waals surface area contributed by atoms with Crippen molar-refractivity contribution in [3.8, 4) is 11.8 Å². The molecular formula is C23H23F3N6O4. The summed E-state index contributed by atoms with van der Waals surface area (Å²) in [5.41, 5.74) is 1.16. The number of anilines is 1. The number of hydrogen-bond acceptors (Lipinski definition) is 7. The molecule has 0 bridgehead atoms. The number of nitrogens with one attached hydrogen (secondary N) is 1. The molecule has 0 spiro atoms. The predicted molar refractivity (Wildman–Crippen MR) is 125 cm³/mol. The fourth-order valence-electron chi connectivity index (χ4n) is 3.45. The van der Waals surface area contributed by atoms with Crippen LogP contribution >= 0.6 is 0 Å². The number of aliphatic carboxylic acids is 1. The third-order valence-electron chi connectivity index (χ3n) is 5.18. The summed E-state index contributed by atoms with van der Waals surface area (Å²) in [7, 11) is 0. The van der Waals surface area contributed by atoms with Gasteiger partial charge in [-0.3, -0.25) is 14.2 Å². The summed E-state index contributed by atoms with van der Waals surface area (Å²) in [5.74, 6) is 3.71. The second kappa shape index (κ2) is 11.5. The minimum atomic E-state index is -5.08. The van der Waals surface area contributed by atoms with Crippen LogP contribution in [0, 0.1) is 11.8 Å². The van der Waals surface area contributed by atoms with Crippen molar-refractivity contribution >= 4 is 28.7 Å². The van der Waals surface area contributed by atoms with Gasteiger partial charge in [-0.25, -0.2) is 14.5 Å². The van der Waals surface area contributed by atoms with Gasteiger partial charge in [0, 0.05) is 31.7 Å². The Morgan fingerprint density at radius 1 is 1.17 bits per heavy atom. The van der Waals surface area contributed by atoms with Crippen LogP contribution in [0.2, 0.25) is 0 Å². The molecule has 0 radical (unpaired) electrons. The number of benzene rings is 1. The smallest absolute Gasteiger partial charge is 0.475 e. The van der Waals surface area contributed by atoms with Gasteiger partial charge in [0.25, 0.3) is 5.56 Å². The van der Waals surface area contributed by atoms with E-state index in [2.05, 4.69) is 32.1 Å². The van der Waals surface area contributed by atoms with Gasteiger partial charge in [0.2, 0.25) is 5.95 Å². The summed E-state index contributed by atoms with van der Waals surface area (Å²) in [6, 6.07) is 8.90. The fourth-order valence-corrected chi connectivity index (χ4v) is 3.45. The number of carbonyl (C=O) groups excluding carboxylic acids is 1. The van der Waals surface area contributed by atoms with Crippen LogP contribution in [-0.2, 0) is 17.9 Å². The van der Waals surface area contributed by atoms with Gasteiger partial charge in [0.15, 0.2) is 5.78 Å². The number of hydrogen-bond donors (Lipinski definition) is 2. The zero-order valence-corrected chi connectivity index (χ0v) is 19.2. The summed E-state index contributed by atoms with van der Waals surface area (Å²) in [5, 5.41) is 14.6. The van der Waals surface area contributed by atoms with Crippen molar-refractivity contribution in [1.82, 2.24) is 24.6 Å². The molecule has 1 aromatic carbocycles. The summed E-state index contributed by atoms with van der Waals surface area (Å²) in [6.07, 6.45) is -3.53. The van der Waals surface area contributed by atoms with E-state index in [1.54, 1.807) is 37.4 Å². The number of aromatic nitrogens is 4. The van der Waals surface area contributed by atoms with Gasteiger partial charge in [0.05, 0.1) is 12.7 Å². The van der Waals surface area contributed by atoms with Crippen LogP contribution in [-0.4, -0.2) is 68.5 Å². The lowest BCUT2D eigenvalue weighted by atomic mass is 10.1. The van der Waals surface area contributed by atoms with Crippen LogP contribution in [0.5, 0.6) is 0 Å². The predicted octanol–water partition coefficient (Wildman–Crippen LogP) is 1.54. The SMILES string of the molecule is CC#CCn1c(N2CCNCC2)nc2cnn(CC(=O)c3ccccc3)c(=O)c21.O=C(O)C(F)(F)F. The highest BCUT2D eigenvalue weighted by molar-refractivity contribution is 5.95. The minimum Gasteiger partial charge on any atom is -0.475 e. The Hall–Kier alpha value is -4.18. The van der Waals surface area contributed by atoms with Gasteiger partial charge in [-0.1, -0.05) is 36.3 Å². The van der Waals surface area contributed by atoms with Gasteiger partial charge >= 0.3 is 12.1 Å². The van der Waals surface area contributed by atoms with Crippen molar-refractivity contribution in [2.24, 2.45) is 0 Å². The summed E-state index contributed by atoms with van der Waals surface area (Å²) in [4.78, 5) is 41.4. The number of rotatable bonds is 5. The number of carbonyl (C=O) groups is 2. The van der Waals surface area contributed by atoms with E-state index >= 15 is 0 Å². The summed E-state index contributed by atoms with van der Waals surface area (Å²) in [6.45, 7) is 5.33. The molecule has 0 atom stereocenters. The third kappa shape index (κ3) is 6.28. The number of Topliss-reactive ketones (excluding diaryl/α,β-unsaturated/α-hetero) is 1. The summed E-state index contributed by atoms with van der Waals surface area (Å²) < 4.78 is 34.8. The lowest BCUT2D eigenvalue weighted by Gasteiger charge is -2.28. The maximum atomic E-state index is 13.2. The number of piperazine rings is 1. The Balaban J connectivity index is 0.000000454. The Morgan fingerprint density at radius 3 is 2.39 bits per heavy atom. The topological polar surface area (TPSA) is 122 Å². The van der Waals surface area contributed by atoms with Crippen molar-refractivity contribution in [2.45, 2.75) is 26.2 Å². The van der Waals surface area contributed by atoms with Gasteiger partial charge in [-0.15, -0.1) is 5.92 Å². The van der Waals surface area contributed by atoms with Crippen molar-refractivity contribution < 1.29 is 27.9 Å². The zero-order chi connectivity index (χ0) is 26.3. The number of fused-ring (bicyclic) bond motifs is 1. The third-order valence-corrected chi connectivity index (χ3v) is 5.18. The fraction of sp³-hybridized carbons (Fsp3) is 0.348. The first kappa shape index (κ1) is 26.4. The molecule has 0 aliphatic carbocycles. The minimum absolute atomic E-state index is 0.119. The second-order valence-electron chi connectivity index (χ2n) is 7.60. The molecule has 0 unspecified atom stereocenters. The van der Waals surface area contributed by atoms with E-state index in [0.29, 0.717) is 23.1 Å². The van der Waals surface area contributed by atoms with E-state index in [9.17, 15) is 22.8 Å². The first-order valence-corrected chi connectivity index (χ1v) is 10.8. The molecule has 0 amide bonds. The molecule has 1 saturated heterocycles. The van der Waals surface area contributed by atoms with E-state index < -0.39 is 12.1 Å². The molecule has 3 aromatic rings. The number of halogens is 3. The van der Waals surface area contributed by atoms with E-state index in [4.69, 9.17) is 9.90 Å². The number of imidazole rings is 1. The van der Waals surface area contributed by atoms with E-state index in [-0.39, 0.29) is 17.9 Å². The van der Waals surface area contributed by atoms with Crippen molar-refractivity contribution in [3.63, 3.8) is 0 Å². The lowest BCUT2D eigenvalue weighted by Crippen LogP contribution is -2.44. The van der Waals surface area contributed by atoms with Crippen LogP contribution in [0.15, 0.2) is 41.3 Å². The Morgan fingerprint density at radius 2 is 1.81 bits per heavy atom. The number of alkyl halides is 3. The molecule has 3 heterocycles. The van der Waals surface area contributed by atoms with Crippen molar-refractivity contribution in [1.29, 1.82) is 0 Å². The molecule has 0 saturated carbocycles. The Labute approximate surface area is 203 Å². The van der Waals surface area contributed by atoms with Crippen molar-refractivity contribution in [2.75, 3.05) is 31.1 Å². The first-order chi connectivity index (χ1) is 17.1. The normalized spacial score (nSPS) is 13.4.